The van der Waals surface area contributed by atoms with Crippen molar-refractivity contribution >= 4 is 17.2 Å². The van der Waals surface area contributed by atoms with Crippen molar-refractivity contribution in [3.8, 4) is 10.6 Å². The van der Waals surface area contributed by atoms with Crippen LogP contribution in [0.3, 0.4) is 0 Å². The Bertz CT molecular complexity index is 665. The number of aromatic nitrogens is 1. The molecule has 0 atom stereocenters. The van der Waals surface area contributed by atoms with Gasteiger partial charge in [-0.15, -0.1) is 11.3 Å². The van der Waals surface area contributed by atoms with Crippen LogP contribution < -0.4 is 0 Å². The second-order valence-corrected chi connectivity index (χ2v) is 6.37. The number of likely N-dealkylation sites (N-methyl/N-ethyl adjacent to an activating group) is 1. The number of rotatable bonds is 3. The van der Waals surface area contributed by atoms with E-state index < -0.39 is 0 Å². The molecule has 1 aliphatic rings. The summed E-state index contributed by atoms with van der Waals surface area (Å²) in [7, 11) is 2.06. The van der Waals surface area contributed by atoms with Gasteiger partial charge < -0.3 is 9.80 Å². The highest BCUT2D eigenvalue weighted by Gasteiger charge is 2.20. The van der Waals surface area contributed by atoms with E-state index in [-0.39, 0.29) is 11.7 Å². The van der Waals surface area contributed by atoms with E-state index in [1.165, 1.54) is 23.5 Å². The summed E-state index contributed by atoms with van der Waals surface area (Å²) >= 11 is 1.44. The molecule has 1 aliphatic heterocycles. The first kappa shape index (κ1) is 15.1. The van der Waals surface area contributed by atoms with Crippen LogP contribution in [0.5, 0.6) is 0 Å². The van der Waals surface area contributed by atoms with Crippen LogP contribution in [-0.2, 0) is 11.2 Å². The summed E-state index contributed by atoms with van der Waals surface area (Å²) in [5, 5.41) is 2.63. The van der Waals surface area contributed by atoms with E-state index in [1.54, 1.807) is 6.07 Å². The van der Waals surface area contributed by atoms with E-state index in [2.05, 4.69) is 16.9 Å². The van der Waals surface area contributed by atoms with Crippen LogP contribution in [0, 0.1) is 5.82 Å². The molecule has 0 aliphatic carbocycles. The molecule has 22 heavy (non-hydrogen) atoms. The zero-order valence-corrected chi connectivity index (χ0v) is 13.3. The number of amides is 1. The van der Waals surface area contributed by atoms with Crippen LogP contribution in [0.4, 0.5) is 4.39 Å². The van der Waals surface area contributed by atoms with Crippen molar-refractivity contribution in [3.05, 3.63) is 41.2 Å². The number of thiazole rings is 1. The van der Waals surface area contributed by atoms with Gasteiger partial charge in [-0.3, -0.25) is 4.79 Å². The maximum absolute atomic E-state index is 13.3. The Labute approximate surface area is 133 Å². The minimum Gasteiger partial charge on any atom is -0.340 e. The molecule has 1 fully saturated rings. The fourth-order valence-electron chi connectivity index (χ4n) is 2.46. The predicted molar refractivity (Wildman–Crippen MR) is 85.3 cm³/mol. The highest BCUT2D eigenvalue weighted by Crippen LogP contribution is 2.24. The van der Waals surface area contributed by atoms with Gasteiger partial charge in [0.1, 0.15) is 10.8 Å². The van der Waals surface area contributed by atoms with E-state index in [1.807, 2.05) is 16.3 Å². The molecule has 0 bridgehead atoms. The van der Waals surface area contributed by atoms with E-state index >= 15 is 0 Å². The molecule has 2 aromatic rings. The Hall–Kier alpha value is -1.79. The molecular formula is C16H18FN3OS. The summed E-state index contributed by atoms with van der Waals surface area (Å²) < 4.78 is 13.3. The van der Waals surface area contributed by atoms with E-state index in [0.717, 1.165) is 42.4 Å². The number of piperazine rings is 1. The molecule has 116 valence electrons. The summed E-state index contributed by atoms with van der Waals surface area (Å²) in [4.78, 5) is 20.9. The molecular weight excluding hydrogens is 301 g/mol. The quantitative estimate of drug-likeness (QED) is 0.871. The number of halogens is 1. The largest absolute Gasteiger partial charge is 0.340 e. The topological polar surface area (TPSA) is 36.4 Å². The lowest BCUT2D eigenvalue weighted by molar-refractivity contribution is -0.132. The molecule has 2 heterocycles. The first-order valence-electron chi connectivity index (χ1n) is 7.28. The third-order valence-electron chi connectivity index (χ3n) is 3.81. The Morgan fingerprint density at radius 1 is 1.32 bits per heavy atom. The van der Waals surface area contributed by atoms with Crippen molar-refractivity contribution in [3.63, 3.8) is 0 Å². The van der Waals surface area contributed by atoms with Crippen LogP contribution in [0.25, 0.3) is 10.6 Å². The third-order valence-corrected chi connectivity index (χ3v) is 4.75. The van der Waals surface area contributed by atoms with Gasteiger partial charge in [0.05, 0.1) is 12.1 Å². The zero-order valence-electron chi connectivity index (χ0n) is 12.5. The summed E-state index contributed by atoms with van der Waals surface area (Å²) in [5.41, 5.74) is 1.51. The van der Waals surface area contributed by atoms with Crippen molar-refractivity contribution in [1.82, 2.24) is 14.8 Å². The minimum atomic E-state index is -0.275. The van der Waals surface area contributed by atoms with E-state index in [9.17, 15) is 9.18 Å². The van der Waals surface area contributed by atoms with Gasteiger partial charge >= 0.3 is 0 Å². The molecule has 1 saturated heterocycles. The van der Waals surface area contributed by atoms with Gasteiger partial charge in [0.15, 0.2) is 0 Å². The van der Waals surface area contributed by atoms with Crippen molar-refractivity contribution < 1.29 is 9.18 Å². The SMILES string of the molecule is CN1CCN(C(=O)Cc2csc(-c3cccc(F)c3)n2)CC1. The van der Waals surface area contributed by atoms with Gasteiger partial charge in [-0.2, -0.15) is 0 Å². The van der Waals surface area contributed by atoms with E-state index in [0.29, 0.717) is 6.42 Å². The number of benzene rings is 1. The molecule has 1 aromatic heterocycles. The van der Waals surface area contributed by atoms with Gasteiger partial charge in [-0.05, 0) is 19.2 Å². The number of carbonyl (C=O) groups is 1. The summed E-state index contributed by atoms with van der Waals surface area (Å²) in [5.74, 6) is -0.160. The van der Waals surface area contributed by atoms with Crippen LogP contribution >= 0.6 is 11.3 Å². The van der Waals surface area contributed by atoms with Crippen LogP contribution in [-0.4, -0.2) is 53.9 Å². The molecule has 1 aromatic carbocycles. The Morgan fingerprint density at radius 2 is 2.09 bits per heavy atom. The van der Waals surface area contributed by atoms with Gasteiger partial charge in [0.2, 0.25) is 5.91 Å². The van der Waals surface area contributed by atoms with Crippen molar-refractivity contribution in [2.24, 2.45) is 0 Å². The summed E-state index contributed by atoms with van der Waals surface area (Å²) in [6.45, 7) is 3.38. The van der Waals surface area contributed by atoms with Gasteiger partial charge in [-0.25, -0.2) is 9.37 Å². The van der Waals surface area contributed by atoms with Gasteiger partial charge in [0, 0.05) is 37.1 Å². The standard InChI is InChI=1S/C16H18FN3OS/c1-19-5-7-20(8-6-19)15(21)10-14-11-22-16(18-14)12-3-2-4-13(17)9-12/h2-4,9,11H,5-8,10H2,1H3. The number of hydrogen-bond donors (Lipinski definition) is 0. The first-order valence-corrected chi connectivity index (χ1v) is 8.16. The Kier molecular flexibility index (Phi) is 4.49. The van der Waals surface area contributed by atoms with Crippen LogP contribution in [0.15, 0.2) is 29.6 Å². The summed E-state index contributed by atoms with van der Waals surface area (Å²) in [6, 6.07) is 6.37. The highest BCUT2D eigenvalue weighted by atomic mass is 32.1. The smallest absolute Gasteiger partial charge is 0.228 e. The van der Waals surface area contributed by atoms with Crippen molar-refractivity contribution in [1.29, 1.82) is 0 Å². The molecule has 3 rings (SSSR count). The number of hydrogen-bond acceptors (Lipinski definition) is 4. The number of carbonyl (C=O) groups excluding carboxylic acids is 1. The molecule has 6 heteroatoms. The van der Waals surface area contributed by atoms with Gasteiger partial charge in [-0.1, -0.05) is 12.1 Å². The van der Waals surface area contributed by atoms with Gasteiger partial charge in [0.25, 0.3) is 0 Å². The maximum atomic E-state index is 13.3. The molecule has 1 amide bonds. The lowest BCUT2D eigenvalue weighted by atomic mass is 10.2. The minimum absolute atomic E-state index is 0.115. The van der Waals surface area contributed by atoms with Crippen LogP contribution in [0.2, 0.25) is 0 Å². The molecule has 0 radical (unpaired) electrons. The molecule has 0 unspecified atom stereocenters. The zero-order chi connectivity index (χ0) is 15.5. The maximum Gasteiger partial charge on any atom is 0.228 e. The predicted octanol–water partition coefficient (Wildman–Crippen LogP) is 2.27. The Balaban J connectivity index is 1.65. The molecule has 0 spiro atoms. The monoisotopic (exact) mass is 319 g/mol. The Morgan fingerprint density at radius 3 is 2.82 bits per heavy atom. The summed E-state index contributed by atoms with van der Waals surface area (Å²) in [6.07, 6.45) is 0.315. The average molecular weight is 319 g/mol. The van der Waals surface area contributed by atoms with E-state index in [4.69, 9.17) is 0 Å². The lowest BCUT2D eigenvalue weighted by Gasteiger charge is -2.32. The molecule has 0 N–H and O–H groups in total. The highest BCUT2D eigenvalue weighted by molar-refractivity contribution is 7.13. The average Bonchev–Trinajstić information content (AvgIpc) is 2.96. The van der Waals surface area contributed by atoms with Crippen LogP contribution in [0.1, 0.15) is 5.69 Å². The third kappa shape index (κ3) is 3.51. The fraction of sp³-hybridized carbons (Fsp3) is 0.375. The first-order chi connectivity index (χ1) is 10.6. The molecule has 0 saturated carbocycles. The second-order valence-electron chi connectivity index (χ2n) is 5.52. The normalized spacial score (nSPS) is 16.0. The van der Waals surface area contributed by atoms with Crippen molar-refractivity contribution in [2.75, 3.05) is 33.2 Å². The molecule has 4 nitrogen and oxygen atoms in total. The fourth-order valence-corrected chi connectivity index (χ4v) is 3.28. The van der Waals surface area contributed by atoms with Crippen molar-refractivity contribution in [2.45, 2.75) is 6.42 Å². The number of nitrogens with zero attached hydrogens (tertiary/aromatic N) is 3. The lowest BCUT2D eigenvalue weighted by Crippen LogP contribution is -2.47. The second kappa shape index (κ2) is 6.54.